The molecule has 0 spiro atoms. The molecule has 0 unspecified atom stereocenters. The molecule has 89 valence electrons. The first-order valence-corrected chi connectivity index (χ1v) is 4.72. The molecule has 6 heteroatoms. The average Bonchev–Trinajstić information content (AvgIpc) is 2.03. The van der Waals surface area contributed by atoms with Gasteiger partial charge in [0.1, 0.15) is 0 Å². The first-order valence-electron chi connectivity index (χ1n) is 4.15. The monoisotopic (exact) mass is 265 g/mol. The fourth-order valence-electron chi connectivity index (χ4n) is 0.572. The second kappa shape index (κ2) is 13.8. The van der Waals surface area contributed by atoms with E-state index in [4.69, 9.17) is 3.67 Å². The van der Waals surface area contributed by atoms with E-state index >= 15 is 0 Å². The molecule has 0 radical (unpaired) electrons. The Morgan fingerprint density at radius 2 is 1.00 bits per heavy atom. The molecule has 0 heterocycles. The third kappa shape index (κ3) is 38.5. The van der Waals surface area contributed by atoms with Gasteiger partial charge in [0.25, 0.3) is 0 Å². The van der Waals surface area contributed by atoms with Gasteiger partial charge in [-0.2, -0.15) is 0 Å². The van der Waals surface area contributed by atoms with Crippen molar-refractivity contribution in [2.75, 3.05) is 0 Å². The Morgan fingerprint density at radius 1 is 0.812 bits per heavy atom. The van der Waals surface area contributed by atoms with Gasteiger partial charge in [-0.3, -0.25) is 9.59 Å². The molecule has 0 rings (SSSR count). The quantitative estimate of drug-likeness (QED) is 0.498. The van der Waals surface area contributed by atoms with Gasteiger partial charge in [-0.15, -0.1) is 11.5 Å². The molecule has 5 nitrogen and oxygen atoms in total. The Bertz CT molecular complexity index is 245. The molecule has 0 aromatic rings. The van der Waals surface area contributed by atoms with E-state index in [0.29, 0.717) is 0 Å². The molecule has 0 amide bonds. The van der Waals surface area contributed by atoms with Crippen molar-refractivity contribution >= 4 is 11.6 Å². The zero-order chi connectivity index (χ0) is 13.7. The summed E-state index contributed by atoms with van der Waals surface area (Å²) >= 11 is 1.06. The summed E-state index contributed by atoms with van der Waals surface area (Å²) in [4.78, 5) is 20.0. The van der Waals surface area contributed by atoms with Crippen LogP contribution in [0, 0.1) is 0 Å². The predicted molar refractivity (Wildman–Crippen MR) is 49.6 cm³/mol. The average molecular weight is 265 g/mol. The third-order valence-electron chi connectivity index (χ3n) is 0.813. The predicted octanol–water partition coefficient (Wildman–Crippen LogP) is -0.442. The molecule has 0 atom stereocenters. The van der Waals surface area contributed by atoms with E-state index in [1.165, 1.54) is 27.7 Å². The van der Waals surface area contributed by atoms with E-state index in [2.05, 4.69) is 0 Å². The van der Waals surface area contributed by atoms with Crippen molar-refractivity contribution in [2.24, 2.45) is 0 Å². The van der Waals surface area contributed by atoms with Crippen LogP contribution in [0.5, 0.6) is 0 Å². The Morgan fingerprint density at radius 3 is 1.00 bits per heavy atom. The Labute approximate surface area is 104 Å². The summed E-state index contributed by atoms with van der Waals surface area (Å²) in [6.07, 6.45) is 2.11. The van der Waals surface area contributed by atoms with Crippen molar-refractivity contribution in [2.45, 2.75) is 27.7 Å². The Balaban J connectivity index is -0.000000183. The van der Waals surface area contributed by atoms with E-state index in [9.17, 15) is 19.8 Å². The van der Waals surface area contributed by atoms with Gasteiger partial charge in [-0.1, -0.05) is 13.8 Å². The molecule has 0 aliphatic rings. The van der Waals surface area contributed by atoms with Crippen LogP contribution in [0.2, 0.25) is 0 Å². The number of allylic oxidation sites excluding steroid dienone is 4. The summed E-state index contributed by atoms with van der Waals surface area (Å²) in [5.74, 6) is -0.750. The number of carbonyl (C=O) groups is 2. The van der Waals surface area contributed by atoms with E-state index in [-0.39, 0.29) is 23.1 Å². The van der Waals surface area contributed by atoms with Crippen LogP contribution in [0.25, 0.3) is 0 Å². The van der Waals surface area contributed by atoms with Crippen LogP contribution < -0.4 is 10.2 Å². The van der Waals surface area contributed by atoms with Crippen LogP contribution in [0.3, 0.4) is 0 Å². The molecule has 0 aliphatic heterocycles. The third-order valence-corrected chi connectivity index (χ3v) is 0.813. The summed E-state index contributed by atoms with van der Waals surface area (Å²) in [6, 6.07) is 0. The topological polar surface area (TPSA) is 97.3 Å². The van der Waals surface area contributed by atoms with Crippen molar-refractivity contribution in [3.8, 4) is 0 Å². The minimum atomic E-state index is -0.187. The van der Waals surface area contributed by atoms with Crippen molar-refractivity contribution in [3.05, 3.63) is 23.7 Å². The molecule has 0 aliphatic carbocycles. The number of carbonyl (C=O) groups excluding carboxylic acids is 2. The fourth-order valence-corrected chi connectivity index (χ4v) is 0.572. The first-order chi connectivity index (χ1) is 7.25. The van der Waals surface area contributed by atoms with Gasteiger partial charge < -0.3 is 10.2 Å². The van der Waals surface area contributed by atoms with Gasteiger partial charge in [-0.25, -0.2) is 0 Å². The van der Waals surface area contributed by atoms with E-state index in [1.807, 2.05) is 0 Å². The van der Waals surface area contributed by atoms with Gasteiger partial charge in [-0.05, 0) is 26.0 Å². The molecule has 0 saturated carbocycles. The normalized spacial score (nSPS) is 10.4. The van der Waals surface area contributed by atoms with Crippen LogP contribution >= 0.6 is 0 Å². The molecule has 0 bridgehead atoms. The summed E-state index contributed by atoms with van der Waals surface area (Å²) < 4.78 is 8.19. The van der Waals surface area contributed by atoms with Crippen LogP contribution in [-0.4, -0.2) is 11.6 Å². The molecule has 0 aromatic carbocycles. The van der Waals surface area contributed by atoms with Crippen molar-refractivity contribution in [3.63, 3.8) is 0 Å². The Hall–Kier alpha value is -1.20. The van der Waals surface area contributed by atoms with Gasteiger partial charge in [0, 0.05) is 0 Å². The van der Waals surface area contributed by atoms with E-state index in [1.54, 1.807) is 0 Å². The fraction of sp³-hybridized carbons (Fsp3) is 0.400. The number of hydrogen-bond acceptors (Lipinski definition) is 5. The molecule has 0 aromatic heterocycles. The minimum absolute atomic E-state index is 0.187. The SMILES string of the molecule is CC(=O)/C=C(\C)[O-].CC(=O)/C=C(\C)[O-].[O]=[V+2]. The van der Waals surface area contributed by atoms with Crippen LogP contribution in [-0.2, 0) is 30.6 Å². The van der Waals surface area contributed by atoms with Crippen molar-refractivity contribution in [1.29, 1.82) is 0 Å². The van der Waals surface area contributed by atoms with E-state index in [0.717, 1.165) is 29.5 Å². The molecular formula is C10H14O5V. The van der Waals surface area contributed by atoms with Crippen LogP contribution in [0.15, 0.2) is 23.7 Å². The van der Waals surface area contributed by atoms with Gasteiger partial charge in [0.2, 0.25) is 0 Å². The summed E-state index contributed by atoms with van der Waals surface area (Å²) in [6.45, 7) is 5.39. The standard InChI is InChI=1S/2C5H8O2.O.V/c2*1-4(6)3-5(2)7;;/h2*3,6H,1-2H3;;/q;;;+2/p-2/b2*4-3+;;. The van der Waals surface area contributed by atoms with Gasteiger partial charge in [0.15, 0.2) is 11.6 Å². The van der Waals surface area contributed by atoms with Crippen LogP contribution in [0.1, 0.15) is 27.7 Å². The number of hydrogen-bond donors (Lipinski definition) is 0. The maximum atomic E-state index is 9.98. The first kappa shape index (κ1) is 20.2. The van der Waals surface area contributed by atoms with E-state index < -0.39 is 0 Å². The van der Waals surface area contributed by atoms with Gasteiger partial charge in [0.05, 0.1) is 0 Å². The Kier molecular flexibility index (Phi) is 17.5. The second-order valence-corrected chi connectivity index (χ2v) is 2.73. The molecular weight excluding hydrogens is 251 g/mol. The van der Waals surface area contributed by atoms with Crippen molar-refractivity contribution in [1.82, 2.24) is 0 Å². The number of rotatable bonds is 2. The summed E-state index contributed by atoms with van der Waals surface area (Å²) in [7, 11) is 0. The molecule has 0 saturated heterocycles. The summed E-state index contributed by atoms with van der Waals surface area (Å²) in [5, 5.41) is 20.0. The number of ketones is 2. The second-order valence-electron chi connectivity index (χ2n) is 2.73. The molecule has 0 fully saturated rings. The summed E-state index contributed by atoms with van der Waals surface area (Å²) in [5.41, 5.74) is 0. The molecule has 0 N–H and O–H groups in total. The van der Waals surface area contributed by atoms with Crippen LogP contribution in [0.4, 0.5) is 0 Å². The van der Waals surface area contributed by atoms with Gasteiger partial charge >= 0.3 is 21.0 Å². The maximum absolute atomic E-state index is 9.98. The zero-order valence-electron chi connectivity index (χ0n) is 9.64. The van der Waals surface area contributed by atoms with Crippen molar-refractivity contribution < 1.29 is 40.8 Å². The zero-order valence-corrected chi connectivity index (χ0v) is 11.0. The molecule has 16 heavy (non-hydrogen) atoms.